The zero-order chi connectivity index (χ0) is 24.0. The molecule has 1 saturated heterocycles. The minimum atomic E-state index is -4.91. The highest BCUT2D eigenvalue weighted by atomic mass is 32.2. The Kier molecular flexibility index (Phi) is 6.19. The number of fused-ring (bicyclic) bond motifs is 2. The van der Waals surface area contributed by atoms with Gasteiger partial charge in [0.05, 0.1) is 4.90 Å². The minimum absolute atomic E-state index is 0.0262. The van der Waals surface area contributed by atoms with Crippen molar-refractivity contribution in [3.63, 3.8) is 0 Å². The summed E-state index contributed by atoms with van der Waals surface area (Å²) in [6.07, 6.45) is 0.952. The van der Waals surface area contributed by atoms with Crippen LogP contribution in [-0.2, 0) is 19.2 Å². The van der Waals surface area contributed by atoms with E-state index < -0.39 is 17.8 Å². The second-order valence-corrected chi connectivity index (χ2v) is 11.6. The Labute approximate surface area is 191 Å². The highest BCUT2D eigenvalue weighted by Crippen LogP contribution is 2.38. The Morgan fingerprint density at radius 3 is 2.12 bits per heavy atom. The summed E-state index contributed by atoms with van der Waals surface area (Å²) in [5.41, 5.74) is 1.60. The molecule has 176 valence electrons. The Bertz CT molecular complexity index is 1290. The maximum Gasteiger partial charge on any atom is 0.545 e. The molecule has 10 nitrogen and oxygen atoms in total. The van der Waals surface area contributed by atoms with Crippen LogP contribution in [0.2, 0.25) is 0 Å². The number of nitrogens with zero attached hydrogens (tertiary/aromatic N) is 3. The summed E-state index contributed by atoms with van der Waals surface area (Å²) in [7, 11) is -8.74. The minimum Gasteiger partial charge on any atom is -0.410 e. The molecule has 0 saturated carbocycles. The number of oxime groups is 2. The van der Waals surface area contributed by atoms with Gasteiger partial charge in [0.1, 0.15) is 11.4 Å². The summed E-state index contributed by atoms with van der Waals surface area (Å²) >= 11 is 0. The van der Waals surface area contributed by atoms with E-state index in [2.05, 4.69) is 14.9 Å². The molecular formula is C21H24N3O7PS. The Balaban J connectivity index is 1.86. The van der Waals surface area contributed by atoms with Crippen LogP contribution in [0.5, 0.6) is 0 Å². The molecule has 2 atom stereocenters. The predicted molar refractivity (Wildman–Crippen MR) is 121 cm³/mol. The lowest BCUT2D eigenvalue weighted by molar-refractivity contribution is 0.205. The molecule has 2 aliphatic rings. The van der Waals surface area contributed by atoms with Crippen LogP contribution in [-0.4, -0.2) is 52.2 Å². The molecule has 0 spiro atoms. The third-order valence-corrected chi connectivity index (χ3v) is 7.87. The van der Waals surface area contributed by atoms with Crippen molar-refractivity contribution in [3.8, 4) is 0 Å². The second kappa shape index (κ2) is 8.66. The molecule has 2 aromatic rings. The molecule has 0 amide bonds. The molecule has 1 heterocycles. The SMILES string of the molecule is CC1CC(C)CN(S(=O)(=O)c2ccc3c(c2)/C(=N/O)c2ccccc2/C3=N/OP(=O)(O)O)C1. The molecule has 2 aromatic carbocycles. The van der Waals surface area contributed by atoms with E-state index in [4.69, 9.17) is 9.79 Å². The van der Waals surface area contributed by atoms with Gasteiger partial charge in [0.2, 0.25) is 10.0 Å². The van der Waals surface area contributed by atoms with E-state index in [9.17, 15) is 18.2 Å². The summed E-state index contributed by atoms with van der Waals surface area (Å²) in [4.78, 5) is 18.3. The molecule has 0 radical (unpaired) electrons. The second-order valence-electron chi connectivity index (χ2n) is 8.48. The number of benzene rings is 2. The van der Waals surface area contributed by atoms with Crippen molar-refractivity contribution in [3.05, 3.63) is 64.7 Å². The van der Waals surface area contributed by atoms with Crippen LogP contribution >= 0.6 is 7.82 Å². The zero-order valence-electron chi connectivity index (χ0n) is 18.0. The molecule has 4 rings (SSSR count). The first-order valence-electron chi connectivity index (χ1n) is 10.3. The first-order chi connectivity index (χ1) is 15.5. The lowest BCUT2D eigenvalue weighted by atomic mass is 9.83. The smallest absolute Gasteiger partial charge is 0.410 e. The topological polar surface area (TPSA) is 149 Å². The van der Waals surface area contributed by atoms with Crippen molar-refractivity contribution in [2.45, 2.75) is 25.2 Å². The highest BCUT2D eigenvalue weighted by molar-refractivity contribution is 7.89. The highest BCUT2D eigenvalue weighted by Gasteiger charge is 2.34. The van der Waals surface area contributed by atoms with Gasteiger partial charge in [0.25, 0.3) is 0 Å². The van der Waals surface area contributed by atoms with Gasteiger partial charge < -0.3 is 5.21 Å². The molecule has 33 heavy (non-hydrogen) atoms. The van der Waals surface area contributed by atoms with Crippen molar-refractivity contribution in [1.29, 1.82) is 0 Å². The van der Waals surface area contributed by atoms with Gasteiger partial charge in [-0.15, -0.1) is 0 Å². The number of rotatable bonds is 4. The first-order valence-corrected chi connectivity index (χ1v) is 13.3. The molecule has 0 bridgehead atoms. The molecule has 1 aliphatic heterocycles. The van der Waals surface area contributed by atoms with Crippen molar-refractivity contribution >= 4 is 29.3 Å². The van der Waals surface area contributed by atoms with Gasteiger partial charge in [-0.05, 0) is 30.4 Å². The molecule has 1 aliphatic carbocycles. The number of phosphoric acid groups is 1. The monoisotopic (exact) mass is 493 g/mol. The molecule has 1 fully saturated rings. The number of hydrogen-bond acceptors (Lipinski definition) is 7. The summed E-state index contributed by atoms with van der Waals surface area (Å²) in [6, 6.07) is 10.9. The molecular weight excluding hydrogens is 469 g/mol. The Hall–Kier alpha value is -2.56. The van der Waals surface area contributed by atoms with Crippen LogP contribution in [0.3, 0.4) is 0 Å². The van der Waals surface area contributed by atoms with Gasteiger partial charge in [0.15, 0.2) is 0 Å². The quantitative estimate of drug-likeness (QED) is 0.287. The molecule has 0 aromatic heterocycles. The van der Waals surface area contributed by atoms with E-state index >= 15 is 0 Å². The van der Waals surface area contributed by atoms with Crippen LogP contribution in [0.1, 0.15) is 42.5 Å². The van der Waals surface area contributed by atoms with Crippen LogP contribution in [0.25, 0.3) is 0 Å². The van der Waals surface area contributed by atoms with E-state index in [1.165, 1.54) is 22.5 Å². The summed E-state index contributed by atoms with van der Waals surface area (Å²) in [6.45, 7) is 4.86. The lowest BCUT2D eigenvalue weighted by Crippen LogP contribution is -2.42. The van der Waals surface area contributed by atoms with Crippen LogP contribution in [0, 0.1) is 11.8 Å². The third-order valence-electron chi connectivity index (χ3n) is 5.75. The zero-order valence-corrected chi connectivity index (χ0v) is 19.7. The largest absolute Gasteiger partial charge is 0.545 e. The standard InChI is InChI=1S/C21H24N3O7PS/c1-13-9-14(2)12-24(11-13)33(29,30)15-7-8-18-19(10-15)20(22-25)16-5-3-4-6-17(16)21(18)23-31-32(26,27)28/h3-8,10,13-14,25H,9,11-12H2,1-2H3,(H2,26,27,28)/b22-20+,23-21-. The normalized spacial score (nSPS) is 23.9. The molecule has 12 heteroatoms. The van der Waals surface area contributed by atoms with E-state index in [1.54, 1.807) is 24.3 Å². The molecule has 3 N–H and O–H groups in total. The average Bonchev–Trinajstić information content (AvgIpc) is 2.75. The van der Waals surface area contributed by atoms with Crippen molar-refractivity contribution < 1.29 is 32.6 Å². The van der Waals surface area contributed by atoms with E-state index in [0.29, 0.717) is 29.8 Å². The van der Waals surface area contributed by atoms with Gasteiger partial charge in [0, 0.05) is 35.3 Å². The Morgan fingerprint density at radius 2 is 1.55 bits per heavy atom. The van der Waals surface area contributed by atoms with E-state index in [1.807, 2.05) is 13.8 Å². The fraction of sp³-hybridized carbons (Fsp3) is 0.333. The van der Waals surface area contributed by atoms with Gasteiger partial charge in [-0.1, -0.05) is 54.5 Å². The van der Waals surface area contributed by atoms with Gasteiger partial charge in [-0.2, -0.15) is 4.31 Å². The fourth-order valence-electron chi connectivity index (χ4n) is 4.52. The molecule has 2 unspecified atom stereocenters. The van der Waals surface area contributed by atoms with Crippen molar-refractivity contribution in [1.82, 2.24) is 4.31 Å². The average molecular weight is 493 g/mol. The van der Waals surface area contributed by atoms with E-state index in [-0.39, 0.29) is 33.7 Å². The van der Waals surface area contributed by atoms with E-state index in [0.717, 1.165) is 6.42 Å². The number of sulfonamides is 1. The summed E-state index contributed by atoms with van der Waals surface area (Å²) in [5.74, 6) is 0.456. The lowest BCUT2D eigenvalue weighted by Gasteiger charge is -2.34. The van der Waals surface area contributed by atoms with Crippen LogP contribution in [0.15, 0.2) is 57.7 Å². The van der Waals surface area contributed by atoms with Gasteiger partial charge in [-0.3, -0.25) is 14.4 Å². The summed E-state index contributed by atoms with van der Waals surface area (Å²) < 4.78 is 43.9. The first kappa shape index (κ1) is 23.6. The maximum absolute atomic E-state index is 13.4. The predicted octanol–water partition coefficient (Wildman–Crippen LogP) is 2.75. The van der Waals surface area contributed by atoms with Crippen LogP contribution in [0.4, 0.5) is 0 Å². The van der Waals surface area contributed by atoms with Crippen molar-refractivity contribution in [2.75, 3.05) is 13.1 Å². The van der Waals surface area contributed by atoms with Gasteiger partial charge >= 0.3 is 7.82 Å². The number of piperidine rings is 1. The van der Waals surface area contributed by atoms with Gasteiger partial charge in [-0.25, -0.2) is 13.0 Å². The maximum atomic E-state index is 13.4. The van der Waals surface area contributed by atoms with Crippen molar-refractivity contribution in [2.24, 2.45) is 22.1 Å². The van der Waals surface area contributed by atoms with Crippen LogP contribution < -0.4 is 0 Å². The Morgan fingerprint density at radius 1 is 0.970 bits per heavy atom. The summed E-state index contributed by atoms with van der Waals surface area (Å²) in [5, 5.41) is 16.8. The third kappa shape index (κ3) is 4.60. The number of hydrogen-bond donors (Lipinski definition) is 3. The fourth-order valence-corrected chi connectivity index (χ4v) is 6.42.